The average Bonchev–Trinajstić information content (AvgIpc) is 2.56. The average molecular weight is 374 g/mol. The number of carbonyl (C=O) groups is 1. The van der Waals surface area contributed by atoms with Gasteiger partial charge in [-0.25, -0.2) is 0 Å². The molecule has 1 aromatic rings. The lowest BCUT2D eigenvalue weighted by atomic mass is 10.1. The van der Waals surface area contributed by atoms with Crippen molar-refractivity contribution in [2.75, 3.05) is 18.4 Å². The molecule has 5 nitrogen and oxygen atoms in total. The molecule has 1 aromatic carbocycles. The Morgan fingerprint density at radius 2 is 2.13 bits per heavy atom. The number of benzene rings is 1. The molecule has 1 aliphatic rings. The van der Waals surface area contributed by atoms with Crippen LogP contribution in [0.2, 0.25) is 5.02 Å². The maximum absolute atomic E-state index is 12.3. The minimum Gasteiger partial charge on any atom is -0.369 e. The molecule has 1 heterocycles. The number of allylic oxidation sites excluding steroid dienone is 1. The van der Waals surface area contributed by atoms with Crippen molar-refractivity contribution in [1.29, 1.82) is 5.41 Å². The molecule has 0 aromatic heterocycles. The predicted octanol–water partition coefficient (Wildman–Crippen LogP) is 4.05. The van der Waals surface area contributed by atoms with Gasteiger partial charge in [-0.3, -0.25) is 4.79 Å². The molecule has 1 fully saturated rings. The number of nitrogens with zero attached hydrogens (tertiary/aromatic N) is 1. The first-order valence-corrected chi connectivity index (χ1v) is 8.66. The van der Waals surface area contributed by atoms with Gasteiger partial charge in [0.25, 0.3) is 5.91 Å². The molecule has 0 unspecified atom stereocenters. The molecule has 2 rings (SSSR count). The summed E-state index contributed by atoms with van der Waals surface area (Å²) in [5, 5.41) is 10.9. The van der Waals surface area contributed by atoms with E-state index in [-0.39, 0.29) is 10.3 Å². The first-order chi connectivity index (χ1) is 11.0. The summed E-state index contributed by atoms with van der Waals surface area (Å²) in [6.45, 7) is 1.28. The zero-order valence-corrected chi connectivity index (χ0v) is 14.6. The van der Waals surface area contributed by atoms with Crippen molar-refractivity contribution in [2.45, 2.75) is 18.1 Å². The van der Waals surface area contributed by atoms with E-state index in [1.54, 1.807) is 24.3 Å². The molecule has 0 spiro atoms. The van der Waals surface area contributed by atoms with Gasteiger partial charge in [0, 0.05) is 35.3 Å². The first-order valence-electron chi connectivity index (χ1n) is 7.07. The molecule has 1 aliphatic heterocycles. The molecule has 1 saturated heterocycles. The molecule has 0 aliphatic carbocycles. The van der Waals surface area contributed by atoms with Crippen LogP contribution >= 0.6 is 35.2 Å². The minimum atomic E-state index is -0.480. The highest BCUT2D eigenvalue weighted by Gasteiger charge is 2.23. The van der Waals surface area contributed by atoms with Gasteiger partial charge in [0.05, 0.1) is 5.70 Å². The summed E-state index contributed by atoms with van der Waals surface area (Å²) in [6.07, 6.45) is 2.64. The topological polar surface area (TPSA) is 76.4 Å². The molecule has 23 heavy (non-hydrogen) atoms. The van der Waals surface area contributed by atoms with Gasteiger partial charge in [-0.2, -0.15) is 0 Å². The van der Waals surface area contributed by atoms with E-state index in [9.17, 15) is 4.79 Å². The normalized spacial score (nSPS) is 16.7. The van der Waals surface area contributed by atoms with Crippen LogP contribution in [-0.2, 0) is 4.79 Å². The quantitative estimate of drug-likeness (QED) is 0.413. The van der Waals surface area contributed by atoms with Crippen LogP contribution in [0.3, 0.4) is 0 Å². The number of rotatable bonds is 5. The molecule has 124 valence electrons. The Bertz CT molecular complexity index is 616. The largest absolute Gasteiger partial charge is 0.369 e. The van der Waals surface area contributed by atoms with Crippen molar-refractivity contribution in [3.63, 3.8) is 0 Å². The fourth-order valence-corrected chi connectivity index (χ4v) is 3.20. The Kier molecular flexibility index (Phi) is 6.77. The summed E-state index contributed by atoms with van der Waals surface area (Å²) >= 11 is 12.9. The first kappa shape index (κ1) is 18.1. The van der Waals surface area contributed by atoms with E-state index < -0.39 is 5.91 Å². The smallest absolute Gasteiger partial charge is 0.269 e. The van der Waals surface area contributed by atoms with Gasteiger partial charge in [0.1, 0.15) is 5.03 Å². The maximum Gasteiger partial charge on any atom is 0.269 e. The maximum atomic E-state index is 12.3. The van der Waals surface area contributed by atoms with E-state index in [1.165, 1.54) is 0 Å². The molecule has 1 amide bonds. The molecule has 0 atom stereocenters. The van der Waals surface area contributed by atoms with Crippen molar-refractivity contribution in [3.8, 4) is 0 Å². The minimum absolute atomic E-state index is 0.0323. The number of hydrogen-bond acceptors (Lipinski definition) is 5. The number of nitrogens with one attached hydrogen (secondary N) is 2. The number of piperidine rings is 1. The van der Waals surface area contributed by atoms with E-state index >= 15 is 0 Å². The summed E-state index contributed by atoms with van der Waals surface area (Å²) in [6, 6.07) is 6.77. The number of likely N-dealkylation sites (tertiary alicyclic amines) is 1. The van der Waals surface area contributed by atoms with E-state index in [0.717, 1.165) is 31.1 Å². The van der Waals surface area contributed by atoms with Crippen LogP contribution in [0.15, 0.2) is 35.0 Å². The second kappa shape index (κ2) is 8.59. The lowest BCUT2D eigenvalue weighted by molar-refractivity contribution is -0.112. The lowest BCUT2D eigenvalue weighted by Crippen LogP contribution is -2.36. The molecule has 0 bridgehead atoms. The van der Waals surface area contributed by atoms with Crippen LogP contribution in [-0.4, -0.2) is 39.9 Å². The zero-order valence-electron chi connectivity index (χ0n) is 12.3. The fourth-order valence-electron chi connectivity index (χ4n) is 2.36. The number of amides is 1. The summed E-state index contributed by atoms with van der Waals surface area (Å²) < 4.78 is 9.10. The number of carbonyl (C=O) groups excluding carboxylic acids is 1. The van der Waals surface area contributed by atoms with Crippen molar-refractivity contribution in [3.05, 3.63) is 40.0 Å². The number of hydrogen-bond donors (Lipinski definition) is 3. The van der Waals surface area contributed by atoms with Crippen LogP contribution in [0.5, 0.6) is 0 Å². The monoisotopic (exact) mass is 373 g/mol. The molecular weight excluding hydrogens is 357 g/mol. The summed E-state index contributed by atoms with van der Waals surface area (Å²) in [4.78, 5) is 14.2. The Balaban J connectivity index is 2.10. The Morgan fingerprint density at radius 3 is 2.70 bits per heavy atom. The highest BCUT2D eigenvalue weighted by atomic mass is 35.5. The third-order valence-corrected chi connectivity index (χ3v) is 4.95. The van der Waals surface area contributed by atoms with Gasteiger partial charge < -0.3 is 20.2 Å². The van der Waals surface area contributed by atoms with Gasteiger partial charge in [-0.15, -0.1) is 0 Å². The van der Waals surface area contributed by atoms with Gasteiger partial charge in [-0.05, 0) is 43.1 Å². The van der Waals surface area contributed by atoms with Crippen LogP contribution < -0.4 is 5.32 Å². The van der Waals surface area contributed by atoms with Crippen molar-refractivity contribution in [1.82, 2.24) is 4.90 Å². The van der Waals surface area contributed by atoms with E-state index in [0.29, 0.717) is 29.5 Å². The third kappa shape index (κ3) is 4.88. The molecule has 0 radical (unpaired) electrons. The molecule has 3 N–H and O–H groups in total. The summed E-state index contributed by atoms with van der Waals surface area (Å²) in [5.74, 6) is -0.480. The summed E-state index contributed by atoms with van der Waals surface area (Å²) in [7, 11) is 0. The van der Waals surface area contributed by atoms with Crippen LogP contribution in [0.25, 0.3) is 0 Å². The highest BCUT2D eigenvalue weighted by molar-refractivity contribution is 7.94. The van der Waals surface area contributed by atoms with Gasteiger partial charge in [0.2, 0.25) is 0 Å². The van der Waals surface area contributed by atoms with E-state index in [2.05, 4.69) is 5.32 Å². The second-order valence-electron chi connectivity index (χ2n) is 5.10. The Hall–Kier alpha value is -1.21. The zero-order chi connectivity index (χ0) is 16.8. The van der Waals surface area contributed by atoms with Crippen molar-refractivity contribution < 1.29 is 9.35 Å². The third-order valence-electron chi connectivity index (χ3n) is 3.58. The van der Waals surface area contributed by atoms with Crippen molar-refractivity contribution >= 4 is 53.1 Å². The number of anilines is 1. The Labute approximate surface area is 149 Å². The molecule has 8 heteroatoms. The Morgan fingerprint density at radius 1 is 1.43 bits per heavy atom. The van der Waals surface area contributed by atoms with Gasteiger partial charge in [0.15, 0.2) is 0 Å². The van der Waals surface area contributed by atoms with Gasteiger partial charge >= 0.3 is 0 Å². The van der Waals surface area contributed by atoms with E-state index in [4.69, 9.17) is 33.2 Å². The fraction of sp³-hybridized carbons (Fsp3) is 0.333. The van der Waals surface area contributed by atoms with Crippen LogP contribution in [0, 0.1) is 5.41 Å². The number of halogens is 2. The predicted molar refractivity (Wildman–Crippen MR) is 96.6 cm³/mol. The standard InChI is InChI=1S/C15H17Cl2N3O2S/c16-10-2-1-3-11(8-10)19-15(21)14(17)13(9-18)20-6-4-12(23-22)5-7-20/h1-3,8-9,12,18,22H,4-7H2,(H,19,21)/b14-13-,18-9?. The highest BCUT2D eigenvalue weighted by Crippen LogP contribution is 2.25. The van der Waals surface area contributed by atoms with Crippen molar-refractivity contribution in [2.24, 2.45) is 0 Å². The van der Waals surface area contributed by atoms with Crippen LogP contribution in [0.1, 0.15) is 12.8 Å². The summed E-state index contributed by atoms with van der Waals surface area (Å²) in [5.41, 5.74) is 0.924. The van der Waals surface area contributed by atoms with Gasteiger partial charge in [-0.1, -0.05) is 29.3 Å². The van der Waals surface area contributed by atoms with Crippen LogP contribution in [0.4, 0.5) is 5.69 Å². The lowest BCUT2D eigenvalue weighted by Gasteiger charge is -2.32. The SMILES string of the molecule is N=C/C(=C(/Cl)C(=O)Nc1cccc(Cl)c1)N1CCC(SO)CC1. The molecular formula is C15H17Cl2N3O2S. The van der Waals surface area contributed by atoms with E-state index in [1.807, 2.05) is 4.90 Å². The second-order valence-corrected chi connectivity index (χ2v) is 6.79. The molecule has 0 saturated carbocycles.